The lowest BCUT2D eigenvalue weighted by molar-refractivity contribution is -0.129. The van der Waals surface area contributed by atoms with Gasteiger partial charge in [-0.15, -0.1) is 0 Å². The first-order chi connectivity index (χ1) is 18.3. The number of nitrogens with one attached hydrogen (secondary N) is 1. The van der Waals surface area contributed by atoms with Gasteiger partial charge in [0.2, 0.25) is 5.91 Å². The van der Waals surface area contributed by atoms with Crippen molar-refractivity contribution in [3.8, 4) is 11.5 Å². The van der Waals surface area contributed by atoms with Crippen molar-refractivity contribution in [3.63, 3.8) is 0 Å². The van der Waals surface area contributed by atoms with Gasteiger partial charge in [-0.2, -0.15) is 10.1 Å². The number of rotatable bonds is 9. The summed E-state index contributed by atoms with van der Waals surface area (Å²) in [6.07, 6.45) is 9.29. The van der Waals surface area contributed by atoms with Crippen molar-refractivity contribution in [2.24, 2.45) is 11.7 Å². The lowest BCUT2D eigenvalue weighted by atomic mass is 9.76. The van der Waals surface area contributed by atoms with Gasteiger partial charge in [-0.25, -0.2) is 0 Å². The van der Waals surface area contributed by atoms with Crippen LogP contribution in [0.1, 0.15) is 36.7 Å². The maximum Gasteiger partial charge on any atom is 0.261 e. The number of carbonyl (C=O) groups is 1. The van der Waals surface area contributed by atoms with Gasteiger partial charge in [0.25, 0.3) is 5.89 Å². The van der Waals surface area contributed by atoms with Crippen LogP contribution in [0.4, 0.5) is 0 Å². The molecule has 1 saturated carbocycles. The topological polar surface area (TPSA) is 124 Å². The van der Waals surface area contributed by atoms with Gasteiger partial charge in [-0.1, -0.05) is 42.1 Å². The molecule has 5 rings (SSSR count). The number of likely N-dealkylation sites (N-methyl/N-ethyl adjacent to an activating group) is 1. The average molecular weight is 516 g/mol. The molecule has 0 saturated heterocycles. The summed E-state index contributed by atoms with van der Waals surface area (Å²) >= 11 is 0. The smallest absolute Gasteiger partial charge is 0.261 e. The number of allylic oxidation sites excluding steroid dienone is 3. The number of hydrogen-bond donors (Lipinski definition) is 2. The summed E-state index contributed by atoms with van der Waals surface area (Å²) in [6.45, 7) is 7.55. The molecule has 1 unspecified atom stereocenters. The molecule has 198 valence electrons. The number of hydrogen-bond acceptors (Lipinski definition) is 8. The largest absolute Gasteiger partial charge is 0.488 e. The van der Waals surface area contributed by atoms with Gasteiger partial charge in [-0.3, -0.25) is 9.48 Å². The fraction of sp³-hybridized carbons (Fsp3) is 0.357. The van der Waals surface area contributed by atoms with Crippen LogP contribution in [-0.4, -0.2) is 58.0 Å². The zero-order chi connectivity index (χ0) is 26.9. The van der Waals surface area contributed by atoms with E-state index in [1.807, 2.05) is 6.08 Å². The Balaban J connectivity index is 1.40. The third-order valence-electron chi connectivity index (χ3n) is 7.23. The third-order valence-corrected chi connectivity index (χ3v) is 7.23. The first-order valence-electron chi connectivity index (χ1n) is 12.7. The third kappa shape index (κ3) is 4.93. The van der Waals surface area contributed by atoms with Gasteiger partial charge >= 0.3 is 0 Å². The van der Waals surface area contributed by atoms with E-state index in [0.29, 0.717) is 47.9 Å². The zero-order valence-corrected chi connectivity index (χ0v) is 22.0. The molecule has 1 aliphatic heterocycles. The van der Waals surface area contributed by atoms with Gasteiger partial charge in [0, 0.05) is 20.3 Å². The average Bonchev–Trinajstić information content (AvgIpc) is 3.48. The summed E-state index contributed by atoms with van der Waals surface area (Å²) in [5.74, 6) is 2.53. The lowest BCUT2D eigenvalue weighted by Crippen LogP contribution is -2.30. The predicted molar refractivity (Wildman–Crippen MR) is 143 cm³/mol. The van der Waals surface area contributed by atoms with Crippen molar-refractivity contribution in [1.82, 2.24) is 30.1 Å². The molecule has 0 radical (unpaired) electrons. The summed E-state index contributed by atoms with van der Waals surface area (Å²) in [7, 11) is 3.43. The van der Waals surface area contributed by atoms with Crippen LogP contribution in [0.2, 0.25) is 0 Å². The van der Waals surface area contributed by atoms with Crippen LogP contribution in [0.25, 0.3) is 17.0 Å². The minimum absolute atomic E-state index is 0.0480. The van der Waals surface area contributed by atoms with E-state index >= 15 is 0 Å². The normalized spacial score (nSPS) is 17.4. The highest BCUT2D eigenvalue weighted by atomic mass is 16.5. The minimum atomic E-state index is -0.404. The molecule has 2 aromatic heterocycles. The Morgan fingerprint density at radius 2 is 2.08 bits per heavy atom. The number of ether oxygens (including phenoxy) is 1. The SMILES string of the molecule is C=C/C(=C\C1=C(N)NCCO1)c1ccc(C(C)(c2noc(-c3cnn(CC(=O)N(C)C)c3)n2)C2CC2)cc1. The van der Waals surface area contributed by atoms with E-state index in [2.05, 4.69) is 53.3 Å². The summed E-state index contributed by atoms with van der Waals surface area (Å²) in [4.78, 5) is 18.3. The molecule has 3 N–H and O–H groups in total. The van der Waals surface area contributed by atoms with E-state index in [0.717, 1.165) is 29.5 Å². The van der Waals surface area contributed by atoms with Gasteiger partial charge in [0.05, 0.1) is 23.7 Å². The summed E-state index contributed by atoms with van der Waals surface area (Å²) in [5.41, 5.74) is 9.35. The van der Waals surface area contributed by atoms with Crippen LogP contribution in [-0.2, 0) is 21.5 Å². The van der Waals surface area contributed by atoms with Gasteiger partial charge in [0.1, 0.15) is 19.0 Å². The molecule has 2 aliphatic rings. The molecule has 3 aromatic rings. The molecule has 3 heterocycles. The van der Waals surface area contributed by atoms with Crippen LogP contribution in [0, 0.1) is 5.92 Å². The molecule has 10 heteroatoms. The Morgan fingerprint density at radius 3 is 2.74 bits per heavy atom. The Labute approximate surface area is 221 Å². The zero-order valence-electron chi connectivity index (χ0n) is 22.0. The van der Waals surface area contributed by atoms with Crippen molar-refractivity contribution >= 4 is 11.5 Å². The van der Waals surface area contributed by atoms with E-state index in [4.69, 9.17) is 20.0 Å². The Kier molecular flexibility index (Phi) is 6.79. The number of nitrogens with zero attached hydrogens (tertiary/aromatic N) is 5. The van der Waals surface area contributed by atoms with Crippen LogP contribution in [0.5, 0.6) is 0 Å². The summed E-state index contributed by atoms with van der Waals surface area (Å²) in [6, 6.07) is 8.37. The summed E-state index contributed by atoms with van der Waals surface area (Å²) in [5, 5.41) is 11.8. The second kappa shape index (κ2) is 10.2. The molecule has 10 nitrogen and oxygen atoms in total. The fourth-order valence-electron chi connectivity index (χ4n) is 4.64. The first-order valence-corrected chi connectivity index (χ1v) is 12.7. The monoisotopic (exact) mass is 515 g/mol. The molecule has 1 aromatic carbocycles. The molecule has 38 heavy (non-hydrogen) atoms. The van der Waals surface area contributed by atoms with E-state index in [-0.39, 0.29) is 12.5 Å². The molecule has 1 atom stereocenters. The van der Waals surface area contributed by atoms with Crippen molar-refractivity contribution in [2.75, 3.05) is 27.2 Å². The van der Waals surface area contributed by atoms with Crippen LogP contribution >= 0.6 is 0 Å². The number of nitrogens with two attached hydrogens (primary N) is 1. The lowest BCUT2D eigenvalue weighted by Gasteiger charge is -2.27. The fourth-order valence-corrected chi connectivity index (χ4v) is 4.64. The van der Waals surface area contributed by atoms with E-state index in [1.165, 1.54) is 4.90 Å². The number of amides is 1. The Morgan fingerprint density at radius 1 is 1.32 bits per heavy atom. The van der Waals surface area contributed by atoms with Crippen molar-refractivity contribution in [1.29, 1.82) is 0 Å². The van der Waals surface area contributed by atoms with E-state index in [1.54, 1.807) is 37.2 Å². The molecule has 0 bridgehead atoms. The second-order valence-corrected chi connectivity index (χ2v) is 10.0. The molecule has 1 aliphatic carbocycles. The molecule has 0 spiro atoms. The highest BCUT2D eigenvalue weighted by molar-refractivity contribution is 5.76. The number of aromatic nitrogens is 4. The first kappa shape index (κ1) is 25.3. The second-order valence-electron chi connectivity index (χ2n) is 10.0. The van der Waals surface area contributed by atoms with Crippen LogP contribution in [0.3, 0.4) is 0 Å². The van der Waals surface area contributed by atoms with Crippen molar-refractivity contribution < 1.29 is 14.1 Å². The molecular formula is C28H33N7O3. The predicted octanol–water partition coefficient (Wildman–Crippen LogP) is 3.05. The van der Waals surface area contributed by atoms with Gasteiger partial charge in [-0.05, 0) is 48.5 Å². The standard InChI is InChI=1S/C28H33N7O3/c1-5-18(14-23-25(29)30-12-13-37-23)19-6-8-21(9-7-19)28(2,22-10-11-22)27-32-26(38-33-27)20-15-31-35(16-20)17-24(36)34(3)4/h5-9,14-16,22,30H,1,10-13,17,29H2,2-4H3/b18-14+. The molecule has 1 amide bonds. The van der Waals surface area contributed by atoms with E-state index < -0.39 is 5.41 Å². The Hall–Kier alpha value is -4.34. The van der Waals surface area contributed by atoms with Gasteiger partial charge < -0.3 is 25.2 Å². The highest BCUT2D eigenvalue weighted by Gasteiger charge is 2.47. The van der Waals surface area contributed by atoms with Crippen molar-refractivity contribution in [2.45, 2.75) is 31.7 Å². The van der Waals surface area contributed by atoms with Crippen molar-refractivity contribution in [3.05, 3.63) is 83.9 Å². The number of benzene rings is 1. The molecular weight excluding hydrogens is 482 g/mol. The maximum absolute atomic E-state index is 12.0. The Bertz CT molecular complexity index is 1400. The molecule has 1 fully saturated rings. The highest BCUT2D eigenvalue weighted by Crippen LogP contribution is 2.50. The minimum Gasteiger partial charge on any atom is -0.488 e. The number of carbonyl (C=O) groups excluding carboxylic acids is 1. The maximum atomic E-state index is 12.0. The van der Waals surface area contributed by atoms with Crippen LogP contribution in [0.15, 0.2) is 71.5 Å². The summed E-state index contributed by atoms with van der Waals surface area (Å²) < 4.78 is 12.9. The quantitative estimate of drug-likeness (QED) is 0.417. The van der Waals surface area contributed by atoms with E-state index in [9.17, 15) is 4.79 Å². The van der Waals surface area contributed by atoms with Gasteiger partial charge in [0.15, 0.2) is 11.6 Å². The van der Waals surface area contributed by atoms with Crippen LogP contribution < -0.4 is 11.1 Å².